The molecular formula is C31H43FN4O4. The number of rotatable bonds is 9. The lowest BCUT2D eigenvalue weighted by Crippen LogP contribution is -2.44. The van der Waals surface area contributed by atoms with Gasteiger partial charge in [0.1, 0.15) is 11.6 Å². The van der Waals surface area contributed by atoms with E-state index in [-0.39, 0.29) is 41.5 Å². The van der Waals surface area contributed by atoms with Crippen LogP contribution in [0.2, 0.25) is 0 Å². The Morgan fingerprint density at radius 2 is 1.73 bits per heavy atom. The highest BCUT2D eigenvalue weighted by Crippen LogP contribution is 2.46. The topological polar surface area (TPSA) is 87.1 Å². The van der Waals surface area contributed by atoms with Crippen molar-refractivity contribution >= 4 is 17.3 Å². The van der Waals surface area contributed by atoms with Gasteiger partial charge in [-0.1, -0.05) is 20.8 Å². The molecule has 9 heteroatoms. The zero-order chi connectivity index (χ0) is 29.4. The number of carbonyl (C=O) groups excluding carboxylic acids is 1. The molecule has 0 radical (unpaired) electrons. The lowest BCUT2D eigenvalue weighted by atomic mass is 9.84. The number of anilines is 1. The minimum atomic E-state index is -0.819. The summed E-state index contributed by atoms with van der Waals surface area (Å²) in [4.78, 5) is 17.9. The number of nitrogens with one attached hydrogen (secondary N) is 2. The Morgan fingerprint density at radius 3 is 2.30 bits per heavy atom. The highest BCUT2D eigenvalue weighted by molar-refractivity contribution is 6.07. The minimum absolute atomic E-state index is 0.00228. The van der Waals surface area contributed by atoms with Gasteiger partial charge in [0.25, 0.3) is 0 Å². The Morgan fingerprint density at radius 1 is 1.07 bits per heavy atom. The fraction of sp³-hybridized carbons (Fsp3) is 0.548. The monoisotopic (exact) mass is 554 g/mol. The van der Waals surface area contributed by atoms with Gasteiger partial charge in [-0.2, -0.15) is 0 Å². The van der Waals surface area contributed by atoms with E-state index in [9.17, 15) is 4.79 Å². The second-order valence-corrected chi connectivity index (χ2v) is 11.8. The summed E-state index contributed by atoms with van der Waals surface area (Å²) in [7, 11) is 1.67. The number of amidine groups is 1. The van der Waals surface area contributed by atoms with Gasteiger partial charge in [0.2, 0.25) is 0 Å². The summed E-state index contributed by atoms with van der Waals surface area (Å²) in [5.74, 6) is 0.271. The van der Waals surface area contributed by atoms with Crippen LogP contribution in [0.1, 0.15) is 75.5 Å². The third-order valence-corrected chi connectivity index (χ3v) is 7.78. The SMILES string of the molecule is CCOc1cc2c(c(F)c1OCC)C(=N)N(CC(=O)c1cc(N3CCNCC3)c(OC)c(C(C)(C)C)c1)C2(C)C. The van der Waals surface area contributed by atoms with Crippen molar-refractivity contribution in [1.82, 2.24) is 10.2 Å². The highest BCUT2D eigenvalue weighted by atomic mass is 19.1. The molecule has 0 aromatic heterocycles. The zero-order valence-corrected chi connectivity index (χ0v) is 25.1. The van der Waals surface area contributed by atoms with Crippen LogP contribution in [-0.2, 0) is 11.0 Å². The fourth-order valence-corrected chi connectivity index (χ4v) is 5.62. The molecule has 1 fully saturated rings. The van der Waals surface area contributed by atoms with Gasteiger partial charge in [-0.05, 0) is 56.9 Å². The first-order valence-electron chi connectivity index (χ1n) is 14.1. The predicted octanol–water partition coefficient (Wildman–Crippen LogP) is 5.10. The minimum Gasteiger partial charge on any atom is -0.494 e. The van der Waals surface area contributed by atoms with Crippen LogP contribution in [0.25, 0.3) is 0 Å². The van der Waals surface area contributed by atoms with E-state index in [1.807, 2.05) is 32.9 Å². The van der Waals surface area contributed by atoms with Crippen molar-refractivity contribution in [2.75, 3.05) is 57.9 Å². The van der Waals surface area contributed by atoms with Gasteiger partial charge in [-0.3, -0.25) is 10.2 Å². The number of ketones is 1. The van der Waals surface area contributed by atoms with Crippen LogP contribution in [0.15, 0.2) is 18.2 Å². The van der Waals surface area contributed by atoms with Gasteiger partial charge < -0.3 is 29.3 Å². The molecule has 2 aliphatic heterocycles. The molecule has 2 aromatic rings. The quantitative estimate of drug-likeness (QED) is 0.417. The standard InChI is InChI=1S/C31H43FN4O4/c1-9-39-24-17-20-25(26(32)28(24)40-10-2)29(33)36(31(20,6)7)18-23(37)19-15-21(30(3,4)5)27(38-8)22(16-19)35-13-11-34-12-14-35/h15-17,33-34H,9-14,18H2,1-8H3. The Bertz CT molecular complexity index is 1300. The van der Waals surface area contributed by atoms with Crippen molar-refractivity contribution in [3.8, 4) is 17.2 Å². The van der Waals surface area contributed by atoms with Gasteiger partial charge in [0, 0.05) is 37.3 Å². The van der Waals surface area contributed by atoms with Crippen LogP contribution in [0.4, 0.5) is 10.1 Å². The fourth-order valence-electron chi connectivity index (χ4n) is 5.62. The molecule has 0 saturated carbocycles. The molecule has 0 atom stereocenters. The molecule has 2 heterocycles. The molecule has 40 heavy (non-hydrogen) atoms. The number of ether oxygens (including phenoxy) is 3. The Labute approximate surface area is 237 Å². The Kier molecular flexibility index (Phi) is 8.36. The molecule has 0 amide bonds. The summed E-state index contributed by atoms with van der Waals surface area (Å²) in [5, 5.41) is 12.3. The van der Waals surface area contributed by atoms with Crippen molar-refractivity contribution in [3.05, 3.63) is 46.3 Å². The molecule has 2 N–H and O–H groups in total. The maximum atomic E-state index is 15.8. The molecule has 2 aromatic carbocycles. The summed E-state index contributed by atoms with van der Waals surface area (Å²) in [5.41, 5.74) is 2.05. The van der Waals surface area contributed by atoms with Crippen LogP contribution in [0.5, 0.6) is 17.2 Å². The summed E-state index contributed by atoms with van der Waals surface area (Å²) in [6, 6.07) is 5.57. The number of benzene rings is 2. The van der Waals surface area contributed by atoms with E-state index in [0.29, 0.717) is 23.5 Å². The maximum absolute atomic E-state index is 15.8. The number of carbonyl (C=O) groups is 1. The third kappa shape index (κ3) is 5.23. The lowest BCUT2D eigenvalue weighted by Gasteiger charge is -2.35. The number of hydrogen-bond acceptors (Lipinski definition) is 7. The van der Waals surface area contributed by atoms with Crippen LogP contribution in [-0.4, -0.2) is 69.6 Å². The number of methoxy groups -OCH3 is 1. The summed E-state index contributed by atoms with van der Waals surface area (Å²) in [6.07, 6.45) is 0. The molecule has 0 spiro atoms. The zero-order valence-electron chi connectivity index (χ0n) is 25.1. The van der Waals surface area contributed by atoms with Gasteiger partial charge in [0.05, 0.1) is 43.7 Å². The first-order chi connectivity index (χ1) is 18.9. The molecule has 218 valence electrons. The molecule has 8 nitrogen and oxygen atoms in total. The highest BCUT2D eigenvalue weighted by Gasteiger charge is 2.45. The van der Waals surface area contributed by atoms with E-state index in [4.69, 9.17) is 19.6 Å². The summed E-state index contributed by atoms with van der Waals surface area (Å²) in [6.45, 7) is 17.6. The van der Waals surface area contributed by atoms with Crippen molar-refractivity contribution in [2.24, 2.45) is 0 Å². The molecule has 4 rings (SSSR count). The maximum Gasteiger partial charge on any atom is 0.197 e. The van der Waals surface area contributed by atoms with Crippen molar-refractivity contribution in [2.45, 2.75) is 59.4 Å². The van der Waals surface area contributed by atoms with Crippen molar-refractivity contribution < 1.29 is 23.4 Å². The number of hydrogen-bond donors (Lipinski definition) is 2. The number of piperazine rings is 1. The summed E-state index contributed by atoms with van der Waals surface area (Å²) >= 11 is 0. The van der Waals surface area contributed by atoms with E-state index in [2.05, 4.69) is 31.0 Å². The number of halogens is 1. The van der Waals surface area contributed by atoms with Gasteiger partial charge in [0.15, 0.2) is 23.1 Å². The molecule has 0 unspecified atom stereocenters. The molecular weight excluding hydrogens is 511 g/mol. The Hall–Kier alpha value is -3.33. The Balaban J connectivity index is 1.75. The number of Topliss-reactive ketones (excluding diaryl/α,β-unsaturated/α-hetero) is 1. The van der Waals surface area contributed by atoms with Gasteiger partial charge in [-0.15, -0.1) is 0 Å². The first-order valence-corrected chi connectivity index (χ1v) is 14.1. The summed E-state index contributed by atoms with van der Waals surface area (Å²) < 4.78 is 33.0. The van der Waals surface area contributed by atoms with Crippen LogP contribution in [0.3, 0.4) is 0 Å². The molecule has 0 aliphatic carbocycles. The van der Waals surface area contributed by atoms with Crippen molar-refractivity contribution in [3.63, 3.8) is 0 Å². The molecule has 0 bridgehead atoms. The third-order valence-electron chi connectivity index (χ3n) is 7.78. The lowest BCUT2D eigenvalue weighted by molar-refractivity contribution is 0.0920. The van der Waals surface area contributed by atoms with E-state index >= 15 is 4.39 Å². The van der Waals surface area contributed by atoms with Crippen LogP contribution < -0.4 is 24.4 Å². The van der Waals surface area contributed by atoms with E-state index in [0.717, 1.165) is 43.2 Å². The largest absolute Gasteiger partial charge is 0.494 e. The molecule has 2 aliphatic rings. The smallest absolute Gasteiger partial charge is 0.197 e. The molecule has 1 saturated heterocycles. The van der Waals surface area contributed by atoms with Gasteiger partial charge in [-0.25, -0.2) is 4.39 Å². The predicted molar refractivity (Wildman–Crippen MR) is 156 cm³/mol. The second kappa shape index (κ2) is 11.3. The second-order valence-electron chi connectivity index (χ2n) is 11.8. The van der Waals surface area contributed by atoms with E-state index in [1.165, 1.54) is 0 Å². The van der Waals surface area contributed by atoms with Crippen molar-refractivity contribution in [1.29, 1.82) is 5.41 Å². The number of nitrogens with zero attached hydrogens (tertiary/aromatic N) is 2. The first kappa shape index (κ1) is 29.6. The average molecular weight is 555 g/mol. The number of fused-ring (bicyclic) bond motifs is 1. The normalized spacial score (nSPS) is 16.7. The van der Waals surface area contributed by atoms with Gasteiger partial charge >= 0.3 is 0 Å². The van der Waals surface area contributed by atoms with E-state index < -0.39 is 11.4 Å². The van der Waals surface area contributed by atoms with E-state index in [1.54, 1.807) is 25.0 Å². The van der Waals surface area contributed by atoms with Crippen LogP contribution >= 0.6 is 0 Å². The average Bonchev–Trinajstić information content (AvgIpc) is 3.10. The van der Waals surface area contributed by atoms with Crippen LogP contribution in [0, 0.1) is 11.2 Å².